The Bertz CT molecular complexity index is 970. The minimum Gasteiger partial charge on any atom is -0.507 e. The summed E-state index contributed by atoms with van der Waals surface area (Å²) in [5, 5.41) is 10.2. The molecule has 0 atom stereocenters. The minimum absolute atomic E-state index is 0.0392. The van der Waals surface area contributed by atoms with E-state index in [1.165, 1.54) is 12.3 Å². The largest absolute Gasteiger partial charge is 0.507 e. The predicted octanol–water partition coefficient (Wildman–Crippen LogP) is 4.94. The Labute approximate surface area is 169 Å². The third-order valence-electron chi connectivity index (χ3n) is 4.07. The molecule has 0 unspecified atom stereocenters. The molecule has 0 aliphatic carbocycles. The van der Waals surface area contributed by atoms with Gasteiger partial charge in [0.1, 0.15) is 17.2 Å². The number of hydrogen-bond donors (Lipinski definition) is 1. The maximum atomic E-state index is 12.3. The molecular weight excluding hydrogens is 368 g/mol. The van der Waals surface area contributed by atoms with Crippen molar-refractivity contribution in [3.05, 3.63) is 78.1 Å². The molecule has 0 saturated heterocycles. The summed E-state index contributed by atoms with van der Waals surface area (Å²) in [4.78, 5) is 20.5. The van der Waals surface area contributed by atoms with Crippen molar-refractivity contribution in [3.63, 3.8) is 0 Å². The SMILES string of the molecule is CCCCOc1ccc(C(=O)Oc2ccc(C=Nc3cccnc3)c(O)c2)cc1. The quantitative estimate of drug-likeness (QED) is 0.255. The molecule has 29 heavy (non-hydrogen) atoms. The molecule has 0 fully saturated rings. The number of unbranched alkanes of at least 4 members (excludes halogenated alkanes) is 1. The van der Waals surface area contributed by atoms with Gasteiger partial charge in [-0.15, -0.1) is 0 Å². The van der Waals surface area contributed by atoms with Crippen LogP contribution in [-0.4, -0.2) is 28.9 Å². The molecule has 3 rings (SSSR count). The van der Waals surface area contributed by atoms with E-state index >= 15 is 0 Å². The zero-order valence-electron chi connectivity index (χ0n) is 16.1. The fourth-order valence-corrected chi connectivity index (χ4v) is 2.46. The van der Waals surface area contributed by atoms with Crippen molar-refractivity contribution in [2.24, 2.45) is 4.99 Å². The highest BCUT2D eigenvalue weighted by Gasteiger charge is 2.10. The number of esters is 1. The highest BCUT2D eigenvalue weighted by Crippen LogP contribution is 2.24. The lowest BCUT2D eigenvalue weighted by atomic mass is 10.2. The molecule has 1 N–H and O–H groups in total. The summed E-state index contributed by atoms with van der Waals surface area (Å²) in [6.07, 6.45) is 6.84. The fraction of sp³-hybridized carbons (Fsp3) is 0.174. The second kappa shape index (κ2) is 10.0. The molecule has 0 aliphatic heterocycles. The Balaban J connectivity index is 1.62. The van der Waals surface area contributed by atoms with E-state index in [2.05, 4.69) is 16.9 Å². The molecule has 1 aromatic heterocycles. The Morgan fingerprint density at radius 3 is 2.62 bits per heavy atom. The van der Waals surface area contributed by atoms with E-state index in [0.717, 1.165) is 12.8 Å². The second-order valence-corrected chi connectivity index (χ2v) is 6.31. The number of nitrogens with zero attached hydrogens (tertiary/aromatic N) is 2. The molecule has 3 aromatic rings. The third-order valence-corrected chi connectivity index (χ3v) is 4.07. The lowest BCUT2D eigenvalue weighted by molar-refractivity contribution is 0.0734. The average molecular weight is 390 g/mol. The summed E-state index contributed by atoms with van der Waals surface area (Å²) >= 11 is 0. The maximum Gasteiger partial charge on any atom is 0.343 e. The Kier molecular flexibility index (Phi) is 6.95. The third kappa shape index (κ3) is 5.90. The van der Waals surface area contributed by atoms with Gasteiger partial charge in [0.2, 0.25) is 0 Å². The number of carbonyl (C=O) groups is 1. The Hall–Kier alpha value is -3.67. The molecule has 6 nitrogen and oxygen atoms in total. The first-order valence-electron chi connectivity index (χ1n) is 9.38. The summed E-state index contributed by atoms with van der Waals surface area (Å²) in [6, 6.07) is 15.0. The van der Waals surface area contributed by atoms with Crippen LogP contribution in [0.5, 0.6) is 17.2 Å². The normalized spacial score (nSPS) is 10.8. The number of pyridine rings is 1. The van der Waals surface area contributed by atoms with Gasteiger partial charge < -0.3 is 14.6 Å². The first-order chi connectivity index (χ1) is 14.2. The molecule has 0 spiro atoms. The molecule has 0 bridgehead atoms. The van der Waals surface area contributed by atoms with Crippen molar-refractivity contribution in [3.8, 4) is 17.2 Å². The van der Waals surface area contributed by atoms with E-state index in [1.54, 1.807) is 60.9 Å². The monoisotopic (exact) mass is 390 g/mol. The summed E-state index contributed by atoms with van der Waals surface area (Å²) in [5.74, 6) is 0.406. The van der Waals surface area contributed by atoms with Crippen molar-refractivity contribution < 1.29 is 19.4 Å². The number of benzene rings is 2. The van der Waals surface area contributed by atoms with E-state index in [4.69, 9.17) is 9.47 Å². The number of hydrogen-bond acceptors (Lipinski definition) is 6. The number of carbonyl (C=O) groups excluding carboxylic acids is 1. The van der Waals surface area contributed by atoms with Gasteiger partial charge in [0, 0.05) is 24.0 Å². The van der Waals surface area contributed by atoms with Crippen LogP contribution in [0.4, 0.5) is 5.69 Å². The molecule has 2 aromatic carbocycles. The maximum absolute atomic E-state index is 12.3. The van der Waals surface area contributed by atoms with Crippen LogP contribution < -0.4 is 9.47 Å². The molecule has 0 aliphatic rings. The molecule has 1 heterocycles. The Morgan fingerprint density at radius 2 is 1.93 bits per heavy atom. The van der Waals surface area contributed by atoms with E-state index in [1.807, 2.05) is 0 Å². The van der Waals surface area contributed by atoms with Crippen LogP contribution in [0, 0.1) is 0 Å². The van der Waals surface area contributed by atoms with Gasteiger partial charge in [0.25, 0.3) is 0 Å². The number of aromatic nitrogens is 1. The van der Waals surface area contributed by atoms with Crippen LogP contribution in [-0.2, 0) is 0 Å². The van der Waals surface area contributed by atoms with E-state index in [0.29, 0.717) is 29.2 Å². The first-order valence-corrected chi connectivity index (χ1v) is 9.38. The summed E-state index contributed by atoms with van der Waals surface area (Å²) in [7, 11) is 0. The number of rotatable bonds is 8. The van der Waals surface area contributed by atoms with Gasteiger partial charge in [0.05, 0.1) is 24.1 Å². The van der Waals surface area contributed by atoms with Gasteiger partial charge in [-0.1, -0.05) is 13.3 Å². The van der Waals surface area contributed by atoms with Crippen LogP contribution in [0.1, 0.15) is 35.7 Å². The van der Waals surface area contributed by atoms with Crippen molar-refractivity contribution in [1.82, 2.24) is 4.98 Å². The van der Waals surface area contributed by atoms with Crippen LogP contribution in [0.3, 0.4) is 0 Å². The zero-order valence-corrected chi connectivity index (χ0v) is 16.1. The minimum atomic E-state index is -0.513. The highest BCUT2D eigenvalue weighted by molar-refractivity contribution is 5.91. The van der Waals surface area contributed by atoms with Crippen LogP contribution in [0.2, 0.25) is 0 Å². The van der Waals surface area contributed by atoms with Crippen molar-refractivity contribution >= 4 is 17.9 Å². The summed E-state index contributed by atoms with van der Waals surface area (Å²) in [5.41, 5.74) is 1.57. The predicted molar refractivity (Wildman–Crippen MR) is 111 cm³/mol. The average Bonchev–Trinajstić information content (AvgIpc) is 2.74. The van der Waals surface area contributed by atoms with Crippen LogP contribution >= 0.6 is 0 Å². The first kappa shape index (κ1) is 20.1. The van der Waals surface area contributed by atoms with Gasteiger partial charge in [-0.25, -0.2) is 4.79 Å². The van der Waals surface area contributed by atoms with E-state index in [-0.39, 0.29) is 11.5 Å². The highest BCUT2D eigenvalue weighted by atomic mass is 16.5. The molecule has 6 heteroatoms. The van der Waals surface area contributed by atoms with Crippen molar-refractivity contribution in [2.45, 2.75) is 19.8 Å². The van der Waals surface area contributed by atoms with Gasteiger partial charge in [-0.3, -0.25) is 9.98 Å². The number of phenolic OH excluding ortho intramolecular Hbond substituents is 1. The smallest absolute Gasteiger partial charge is 0.343 e. The number of phenols is 1. The molecule has 0 radical (unpaired) electrons. The van der Waals surface area contributed by atoms with Gasteiger partial charge in [0.15, 0.2) is 0 Å². The van der Waals surface area contributed by atoms with E-state index < -0.39 is 5.97 Å². The van der Waals surface area contributed by atoms with Crippen LogP contribution in [0.25, 0.3) is 0 Å². The lowest BCUT2D eigenvalue weighted by Crippen LogP contribution is -2.08. The fourth-order valence-electron chi connectivity index (χ4n) is 2.46. The van der Waals surface area contributed by atoms with E-state index in [9.17, 15) is 9.90 Å². The number of aliphatic imine (C=N–C) groups is 1. The molecular formula is C23H22N2O4. The molecule has 0 amide bonds. The van der Waals surface area contributed by atoms with Gasteiger partial charge in [-0.2, -0.15) is 0 Å². The number of aromatic hydroxyl groups is 1. The zero-order chi connectivity index (χ0) is 20.5. The molecule has 148 valence electrons. The van der Waals surface area contributed by atoms with Crippen molar-refractivity contribution in [1.29, 1.82) is 0 Å². The topological polar surface area (TPSA) is 81.0 Å². The second-order valence-electron chi connectivity index (χ2n) is 6.31. The number of ether oxygens (including phenoxy) is 2. The summed E-state index contributed by atoms with van der Waals surface area (Å²) < 4.78 is 10.9. The standard InChI is InChI=1S/C23H22N2O4/c1-2-3-13-28-20-9-6-17(7-10-20)23(27)29-21-11-8-18(22(26)14-21)15-25-19-5-4-12-24-16-19/h4-12,14-16,26H,2-3,13H2,1H3. The van der Waals surface area contributed by atoms with Crippen LogP contribution in [0.15, 0.2) is 72.0 Å². The lowest BCUT2D eigenvalue weighted by Gasteiger charge is -2.08. The van der Waals surface area contributed by atoms with Gasteiger partial charge in [-0.05, 0) is 55.0 Å². The van der Waals surface area contributed by atoms with Gasteiger partial charge >= 0.3 is 5.97 Å². The van der Waals surface area contributed by atoms with Crippen molar-refractivity contribution in [2.75, 3.05) is 6.61 Å². The molecule has 0 saturated carbocycles. The summed E-state index contributed by atoms with van der Waals surface area (Å²) in [6.45, 7) is 2.75. The Morgan fingerprint density at radius 1 is 1.14 bits per heavy atom.